The summed E-state index contributed by atoms with van der Waals surface area (Å²) in [5, 5.41) is 7.61. The van der Waals surface area contributed by atoms with Crippen LogP contribution in [0, 0.1) is 6.92 Å². The van der Waals surface area contributed by atoms with Crippen LogP contribution in [0.15, 0.2) is 18.5 Å². The first-order valence-electron chi connectivity index (χ1n) is 6.27. The van der Waals surface area contributed by atoms with Crippen LogP contribution in [0.1, 0.15) is 35.5 Å². The van der Waals surface area contributed by atoms with Crippen LogP contribution in [-0.2, 0) is 0 Å². The molecule has 2 aromatic heterocycles. The summed E-state index contributed by atoms with van der Waals surface area (Å²) in [5.41, 5.74) is 2.03. The van der Waals surface area contributed by atoms with Gasteiger partial charge in [0.15, 0.2) is 0 Å². The quantitative estimate of drug-likeness (QED) is 0.879. The Morgan fingerprint density at radius 3 is 2.89 bits per heavy atom. The number of methoxy groups -OCH3 is 1. The van der Waals surface area contributed by atoms with Crippen LogP contribution >= 0.6 is 11.5 Å². The topological polar surface area (TPSA) is 59.9 Å². The molecule has 0 fully saturated rings. The lowest BCUT2D eigenvalue weighted by Crippen LogP contribution is -2.23. The molecule has 0 aliphatic carbocycles. The number of nitrogens with one attached hydrogen (secondary N) is 1. The summed E-state index contributed by atoms with van der Waals surface area (Å²) >= 11 is 1.42. The highest BCUT2D eigenvalue weighted by Crippen LogP contribution is 2.28. The SMILES string of the molecule is CCCNC(c1cncc(OC)c1)c1snnc1C. The van der Waals surface area contributed by atoms with Crippen molar-refractivity contribution in [2.75, 3.05) is 13.7 Å². The van der Waals surface area contributed by atoms with Crippen molar-refractivity contribution in [1.82, 2.24) is 19.9 Å². The van der Waals surface area contributed by atoms with Crippen LogP contribution in [0.25, 0.3) is 0 Å². The fourth-order valence-corrected chi connectivity index (χ4v) is 2.61. The lowest BCUT2D eigenvalue weighted by molar-refractivity contribution is 0.411. The van der Waals surface area contributed by atoms with Gasteiger partial charge in [-0.05, 0) is 43.1 Å². The molecule has 1 atom stereocenters. The van der Waals surface area contributed by atoms with Crippen molar-refractivity contribution >= 4 is 11.5 Å². The largest absolute Gasteiger partial charge is 0.495 e. The number of rotatable bonds is 6. The summed E-state index contributed by atoms with van der Waals surface area (Å²) < 4.78 is 9.26. The lowest BCUT2D eigenvalue weighted by Gasteiger charge is -2.17. The zero-order valence-electron chi connectivity index (χ0n) is 11.4. The van der Waals surface area contributed by atoms with E-state index in [1.165, 1.54) is 11.5 Å². The van der Waals surface area contributed by atoms with Gasteiger partial charge in [-0.1, -0.05) is 11.4 Å². The number of pyridine rings is 1. The van der Waals surface area contributed by atoms with Gasteiger partial charge in [-0.3, -0.25) is 4.98 Å². The molecule has 2 heterocycles. The minimum Gasteiger partial charge on any atom is -0.495 e. The van der Waals surface area contributed by atoms with Gasteiger partial charge in [0.2, 0.25) is 0 Å². The van der Waals surface area contributed by atoms with E-state index in [1.807, 2.05) is 19.2 Å². The highest BCUT2D eigenvalue weighted by atomic mass is 32.1. The van der Waals surface area contributed by atoms with E-state index in [4.69, 9.17) is 4.74 Å². The van der Waals surface area contributed by atoms with Crippen LogP contribution in [-0.4, -0.2) is 28.2 Å². The maximum atomic E-state index is 5.24. The van der Waals surface area contributed by atoms with Crippen LogP contribution in [0.2, 0.25) is 0 Å². The van der Waals surface area contributed by atoms with Crippen LogP contribution in [0.3, 0.4) is 0 Å². The molecule has 0 aromatic carbocycles. The Morgan fingerprint density at radius 2 is 2.26 bits per heavy atom. The molecule has 1 unspecified atom stereocenters. The van der Waals surface area contributed by atoms with E-state index in [1.54, 1.807) is 13.3 Å². The van der Waals surface area contributed by atoms with Gasteiger partial charge >= 0.3 is 0 Å². The molecule has 0 saturated carbocycles. The maximum absolute atomic E-state index is 5.24. The predicted octanol–water partition coefficient (Wildman–Crippen LogP) is 2.34. The normalized spacial score (nSPS) is 12.4. The second kappa shape index (κ2) is 6.58. The third kappa shape index (κ3) is 3.27. The first-order chi connectivity index (χ1) is 9.26. The molecule has 0 saturated heterocycles. The molecule has 2 rings (SSSR count). The molecule has 0 spiro atoms. The number of hydrogen-bond acceptors (Lipinski definition) is 6. The number of nitrogens with zero attached hydrogens (tertiary/aromatic N) is 3. The van der Waals surface area contributed by atoms with E-state index >= 15 is 0 Å². The standard InChI is InChI=1S/C13H18N4OS/c1-4-5-15-12(13-9(2)16-17-19-13)10-6-11(18-3)8-14-7-10/h6-8,12,15H,4-5H2,1-3H3. The monoisotopic (exact) mass is 278 g/mol. The average molecular weight is 278 g/mol. The minimum absolute atomic E-state index is 0.0718. The van der Waals surface area contributed by atoms with Crippen molar-refractivity contribution in [3.63, 3.8) is 0 Å². The first kappa shape index (κ1) is 13.9. The van der Waals surface area contributed by atoms with Crippen LogP contribution in [0.4, 0.5) is 0 Å². The van der Waals surface area contributed by atoms with Gasteiger partial charge in [0, 0.05) is 6.20 Å². The minimum atomic E-state index is 0.0718. The van der Waals surface area contributed by atoms with Gasteiger partial charge in [0.1, 0.15) is 5.75 Å². The summed E-state index contributed by atoms with van der Waals surface area (Å²) in [6, 6.07) is 2.07. The van der Waals surface area contributed by atoms with Gasteiger partial charge in [-0.15, -0.1) is 5.10 Å². The zero-order chi connectivity index (χ0) is 13.7. The summed E-state index contributed by atoms with van der Waals surface area (Å²) in [5.74, 6) is 0.760. The van der Waals surface area contributed by atoms with Crippen LogP contribution in [0.5, 0.6) is 5.75 Å². The van der Waals surface area contributed by atoms with E-state index in [-0.39, 0.29) is 6.04 Å². The van der Waals surface area contributed by atoms with Crippen LogP contribution < -0.4 is 10.1 Å². The van der Waals surface area contributed by atoms with Crippen molar-refractivity contribution in [2.45, 2.75) is 26.3 Å². The molecule has 0 amide bonds. The third-order valence-corrected chi connectivity index (χ3v) is 3.74. The molecular weight excluding hydrogens is 260 g/mol. The molecule has 5 nitrogen and oxygen atoms in total. The second-order valence-corrected chi connectivity index (χ2v) is 5.05. The Bertz CT molecular complexity index is 529. The summed E-state index contributed by atoms with van der Waals surface area (Å²) in [7, 11) is 1.65. The summed E-state index contributed by atoms with van der Waals surface area (Å²) in [6.07, 6.45) is 4.63. The van der Waals surface area contributed by atoms with Crippen molar-refractivity contribution < 1.29 is 4.74 Å². The van der Waals surface area contributed by atoms with E-state index < -0.39 is 0 Å². The number of hydrogen-bond donors (Lipinski definition) is 1. The average Bonchev–Trinajstić information content (AvgIpc) is 2.86. The van der Waals surface area contributed by atoms with E-state index in [9.17, 15) is 0 Å². The fourth-order valence-electron chi connectivity index (χ4n) is 1.86. The molecule has 102 valence electrons. The van der Waals surface area contributed by atoms with E-state index in [2.05, 4.69) is 26.8 Å². The van der Waals surface area contributed by atoms with E-state index in [0.29, 0.717) is 0 Å². The molecule has 6 heteroatoms. The zero-order valence-corrected chi connectivity index (χ0v) is 12.2. The van der Waals surface area contributed by atoms with Crippen molar-refractivity contribution in [2.24, 2.45) is 0 Å². The molecule has 2 aromatic rings. The Hall–Kier alpha value is -1.53. The van der Waals surface area contributed by atoms with Crippen molar-refractivity contribution in [1.29, 1.82) is 0 Å². The second-order valence-electron chi connectivity index (χ2n) is 4.27. The number of aromatic nitrogens is 3. The summed E-state index contributed by atoms with van der Waals surface area (Å²) in [6.45, 7) is 5.05. The molecular formula is C13H18N4OS. The molecule has 0 bridgehead atoms. The Morgan fingerprint density at radius 1 is 1.42 bits per heavy atom. The van der Waals surface area contributed by atoms with Gasteiger partial charge < -0.3 is 10.1 Å². The van der Waals surface area contributed by atoms with E-state index in [0.717, 1.165) is 34.8 Å². The summed E-state index contributed by atoms with van der Waals surface area (Å²) in [4.78, 5) is 5.35. The first-order valence-corrected chi connectivity index (χ1v) is 7.04. The third-order valence-electron chi connectivity index (χ3n) is 2.85. The molecule has 19 heavy (non-hydrogen) atoms. The molecule has 0 aliphatic heterocycles. The fraction of sp³-hybridized carbons (Fsp3) is 0.462. The number of aryl methyl sites for hydroxylation is 1. The highest BCUT2D eigenvalue weighted by molar-refractivity contribution is 7.05. The Balaban J connectivity index is 2.34. The van der Waals surface area contributed by atoms with Crippen molar-refractivity contribution in [3.05, 3.63) is 34.6 Å². The van der Waals surface area contributed by atoms with Gasteiger partial charge in [-0.25, -0.2) is 0 Å². The Kier molecular flexibility index (Phi) is 4.81. The Labute approximate surface area is 117 Å². The molecule has 0 radical (unpaired) electrons. The smallest absolute Gasteiger partial charge is 0.137 e. The molecule has 0 aliphatic rings. The van der Waals surface area contributed by atoms with Gasteiger partial charge in [0.05, 0.1) is 29.9 Å². The lowest BCUT2D eigenvalue weighted by atomic mass is 10.1. The molecule has 1 N–H and O–H groups in total. The predicted molar refractivity (Wildman–Crippen MR) is 75.6 cm³/mol. The number of ether oxygens (including phenoxy) is 1. The van der Waals surface area contributed by atoms with Crippen molar-refractivity contribution in [3.8, 4) is 5.75 Å². The van der Waals surface area contributed by atoms with Gasteiger partial charge in [-0.2, -0.15) is 0 Å². The highest BCUT2D eigenvalue weighted by Gasteiger charge is 2.19. The maximum Gasteiger partial charge on any atom is 0.137 e. The van der Waals surface area contributed by atoms with Gasteiger partial charge in [0.25, 0.3) is 0 Å².